The molecular formula is C20H25N5O3S. The number of para-hydroxylation sites is 1. The van der Waals surface area contributed by atoms with E-state index in [1.54, 1.807) is 17.0 Å². The van der Waals surface area contributed by atoms with Crippen molar-refractivity contribution in [3.63, 3.8) is 0 Å². The van der Waals surface area contributed by atoms with Gasteiger partial charge in [0.15, 0.2) is 0 Å². The van der Waals surface area contributed by atoms with Crippen LogP contribution in [0.1, 0.15) is 52.7 Å². The molecule has 1 aromatic carbocycles. The van der Waals surface area contributed by atoms with Crippen LogP contribution >= 0.6 is 11.3 Å². The van der Waals surface area contributed by atoms with Crippen molar-refractivity contribution in [3.05, 3.63) is 40.3 Å². The topological polar surface area (TPSA) is 104 Å². The maximum absolute atomic E-state index is 12.7. The Kier molecular flexibility index (Phi) is 6.92. The van der Waals surface area contributed by atoms with Gasteiger partial charge in [0.05, 0.1) is 0 Å². The molecule has 1 aromatic heterocycles. The van der Waals surface area contributed by atoms with E-state index in [9.17, 15) is 14.4 Å². The third kappa shape index (κ3) is 5.83. The number of hydrogen-bond donors (Lipinski definition) is 2. The van der Waals surface area contributed by atoms with Crippen molar-refractivity contribution < 1.29 is 14.4 Å². The van der Waals surface area contributed by atoms with Gasteiger partial charge in [-0.05, 0) is 44.7 Å². The zero-order valence-electron chi connectivity index (χ0n) is 16.6. The summed E-state index contributed by atoms with van der Waals surface area (Å²) in [5, 5.41) is 13.8. The van der Waals surface area contributed by atoms with Crippen molar-refractivity contribution in [1.82, 2.24) is 20.4 Å². The zero-order chi connectivity index (χ0) is 20.8. The van der Waals surface area contributed by atoms with Crippen LogP contribution < -0.4 is 10.6 Å². The first kappa shape index (κ1) is 20.9. The van der Waals surface area contributed by atoms with E-state index in [1.165, 1.54) is 0 Å². The molecule has 0 bridgehead atoms. The smallest absolute Gasteiger partial charge is 0.286 e. The van der Waals surface area contributed by atoms with Crippen LogP contribution in [0.25, 0.3) is 0 Å². The normalized spacial score (nSPS) is 14.7. The molecule has 1 aliphatic rings. The van der Waals surface area contributed by atoms with E-state index in [0.29, 0.717) is 25.2 Å². The van der Waals surface area contributed by atoms with Crippen LogP contribution in [0.5, 0.6) is 0 Å². The van der Waals surface area contributed by atoms with Crippen LogP contribution in [0.2, 0.25) is 0 Å². The molecule has 2 heterocycles. The first-order valence-electron chi connectivity index (χ1n) is 9.71. The summed E-state index contributed by atoms with van der Waals surface area (Å²) in [7, 11) is 0. The molecule has 3 amide bonds. The molecule has 0 spiro atoms. The fourth-order valence-corrected chi connectivity index (χ4v) is 3.93. The average Bonchev–Trinajstić information content (AvgIpc) is 3.18. The fourth-order valence-electron chi connectivity index (χ4n) is 3.23. The Labute approximate surface area is 173 Å². The lowest BCUT2D eigenvalue weighted by atomic mass is 9.93. The first-order valence-corrected chi connectivity index (χ1v) is 10.5. The van der Waals surface area contributed by atoms with E-state index in [4.69, 9.17) is 0 Å². The summed E-state index contributed by atoms with van der Waals surface area (Å²) in [5.74, 6) is -0.267. The van der Waals surface area contributed by atoms with Crippen LogP contribution in [0.3, 0.4) is 0 Å². The maximum Gasteiger partial charge on any atom is 0.286 e. The predicted molar refractivity (Wildman–Crippen MR) is 111 cm³/mol. The molecule has 2 aromatic rings. The highest BCUT2D eigenvalue weighted by Crippen LogP contribution is 2.23. The summed E-state index contributed by atoms with van der Waals surface area (Å²) in [5.41, 5.74) is 0.657. The van der Waals surface area contributed by atoms with Crippen molar-refractivity contribution >= 4 is 34.7 Å². The molecule has 0 atom stereocenters. The number of nitrogens with one attached hydrogen (secondary N) is 2. The zero-order valence-corrected chi connectivity index (χ0v) is 17.4. The molecule has 8 nitrogen and oxygen atoms in total. The average molecular weight is 416 g/mol. The number of anilines is 1. The lowest BCUT2D eigenvalue weighted by Crippen LogP contribution is -2.40. The van der Waals surface area contributed by atoms with E-state index >= 15 is 0 Å². The largest absolute Gasteiger partial charge is 0.354 e. The number of nitrogens with zero attached hydrogens (tertiary/aromatic N) is 3. The number of carbonyl (C=O) groups excluding carboxylic acids is 3. The molecule has 9 heteroatoms. The number of likely N-dealkylation sites (tertiary alicyclic amines) is 1. The Morgan fingerprint density at radius 1 is 1.10 bits per heavy atom. The standard InChI is InChI=1S/C20H25N5O3S/c1-13(2)21-16(26)12-14-8-10-25(11-9-14)20(28)19-24-23-18(29-19)17(27)22-15-6-4-3-5-7-15/h3-7,13-14H,8-12H2,1-2H3,(H,21,26)(H,22,27). The SMILES string of the molecule is CC(C)NC(=O)CC1CCN(C(=O)c2nnc(C(=O)Nc3ccccc3)s2)CC1. The number of rotatable bonds is 6. The Hall–Kier alpha value is -2.81. The van der Waals surface area contributed by atoms with Gasteiger partial charge in [-0.1, -0.05) is 29.5 Å². The number of amides is 3. The van der Waals surface area contributed by atoms with Crippen molar-refractivity contribution in [2.45, 2.75) is 39.2 Å². The van der Waals surface area contributed by atoms with E-state index < -0.39 is 0 Å². The van der Waals surface area contributed by atoms with Crippen LogP contribution in [0, 0.1) is 5.92 Å². The fraction of sp³-hybridized carbons (Fsp3) is 0.450. The Morgan fingerprint density at radius 3 is 2.41 bits per heavy atom. The van der Waals surface area contributed by atoms with Gasteiger partial charge >= 0.3 is 0 Å². The molecular weight excluding hydrogens is 390 g/mol. The highest BCUT2D eigenvalue weighted by Gasteiger charge is 2.28. The Bertz CT molecular complexity index is 860. The second kappa shape index (κ2) is 9.60. The number of aromatic nitrogens is 2. The molecule has 1 saturated heterocycles. The summed E-state index contributed by atoms with van der Waals surface area (Å²) in [6.07, 6.45) is 2.04. The molecule has 0 aliphatic carbocycles. The predicted octanol–water partition coefficient (Wildman–Crippen LogP) is 2.56. The molecule has 1 aliphatic heterocycles. The van der Waals surface area contributed by atoms with Gasteiger partial charge in [-0.2, -0.15) is 0 Å². The van der Waals surface area contributed by atoms with Crippen LogP contribution in [0.15, 0.2) is 30.3 Å². The van der Waals surface area contributed by atoms with Crippen LogP contribution in [-0.2, 0) is 4.79 Å². The summed E-state index contributed by atoms with van der Waals surface area (Å²) in [6.45, 7) is 5.03. The van der Waals surface area contributed by atoms with Crippen molar-refractivity contribution in [3.8, 4) is 0 Å². The molecule has 1 fully saturated rings. The van der Waals surface area contributed by atoms with E-state index in [2.05, 4.69) is 20.8 Å². The summed E-state index contributed by atoms with van der Waals surface area (Å²) in [4.78, 5) is 38.6. The van der Waals surface area contributed by atoms with Gasteiger partial charge in [-0.25, -0.2) is 0 Å². The number of benzene rings is 1. The van der Waals surface area contributed by atoms with E-state index in [-0.39, 0.29) is 39.7 Å². The highest BCUT2D eigenvalue weighted by atomic mass is 32.1. The maximum atomic E-state index is 12.7. The lowest BCUT2D eigenvalue weighted by molar-refractivity contribution is -0.122. The molecule has 29 heavy (non-hydrogen) atoms. The summed E-state index contributed by atoms with van der Waals surface area (Å²) >= 11 is 0.991. The minimum absolute atomic E-state index is 0.0583. The summed E-state index contributed by atoms with van der Waals surface area (Å²) in [6, 6.07) is 9.18. The van der Waals surface area contributed by atoms with E-state index in [0.717, 1.165) is 24.2 Å². The van der Waals surface area contributed by atoms with Crippen LogP contribution in [-0.4, -0.2) is 52.0 Å². The van der Waals surface area contributed by atoms with Crippen molar-refractivity contribution in [2.75, 3.05) is 18.4 Å². The Morgan fingerprint density at radius 2 is 1.76 bits per heavy atom. The molecule has 3 rings (SSSR count). The second-order valence-corrected chi connectivity index (χ2v) is 8.37. The minimum atomic E-state index is -0.386. The minimum Gasteiger partial charge on any atom is -0.354 e. The third-order valence-corrected chi connectivity index (χ3v) is 5.57. The highest BCUT2D eigenvalue weighted by molar-refractivity contribution is 7.15. The third-order valence-electron chi connectivity index (χ3n) is 4.66. The first-order chi connectivity index (χ1) is 13.9. The lowest BCUT2D eigenvalue weighted by Gasteiger charge is -2.31. The summed E-state index contributed by atoms with van der Waals surface area (Å²) < 4.78 is 0. The van der Waals surface area contributed by atoms with Gasteiger partial charge in [0.2, 0.25) is 15.9 Å². The second-order valence-electron chi connectivity index (χ2n) is 7.39. The van der Waals surface area contributed by atoms with Gasteiger partial charge in [0.1, 0.15) is 0 Å². The molecule has 0 radical (unpaired) electrons. The number of piperidine rings is 1. The monoisotopic (exact) mass is 415 g/mol. The number of carbonyl (C=O) groups is 3. The number of hydrogen-bond acceptors (Lipinski definition) is 6. The van der Waals surface area contributed by atoms with Gasteiger partial charge in [0, 0.05) is 31.2 Å². The van der Waals surface area contributed by atoms with Gasteiger partial charge < -0.3 is 15.5 Å². The van der Waals surface area contributed by atoms with Crippen molar-refractivity contribution in [2.24, 2.45) is 5.92 Å². The van der Waals surface area contributed by atoms with Gasteiger partial charge in [0.25, 0.3) is 11.8 Å². The molecule has 0 unspecified atom stereocenters. The quantitative estimate of drug-likeness (QED) is 0.755. The molecule has 0 saturated carbocycles. The Balaban J connectivity index is 1.51. The van der Waals surface area contributed by atoms with Gasteiger partial charge in [-0.15, -0.1) is 10.2 Å². The van der Waals surface area contributed by atoms with E-state index in [1.807, 2.05) is 32.0 Å². The van der Waals surface area contributed by atoms with Gasteiger partial charge in [-0.3, -0.25) is 14.4 Å². The molecule has 154 valence electrons. The molecule has 2 N–H and O–H groups in total. The van der Waals surface area contributed by atoms with Crippen LogP contribution in [0.4, 0.5) is 5.69 Å². The van der Waals surface area contributed by atoms with Crippen molar-refractivity contribution in [1.29, 1.82) is 0 Å².